The Kier molecular flexibility index (Phi) is 4.47. The van der Waals surface area contributed by atoms with Crippen LogP contribution in [0.2, 0.25) is 0 Å². The summed E-state index contributed by atoms with van der Waals surface area (Å²) in [4.78, 5) is 13.9. The van der Waals surface area contributed by atoms with Crippen LogP contribution in [0.25, 0.3) is 0 Å². The minimum Gasteiger partial charge on any atom is -0.396 e. The zero-order valence-corrected chi connectivity index (χ0v) is 9.80. The molecule has 1 amide bonds. The van der Waals surface area contributed by atoms with Crippen LogP contribution < -0.4 is 5.73 Å². The number of likely N-dealkylation sites (tertiary alicyclic amines) is 1. The number of thiocarbonyl (C=S) groups is 1. The van der Waals surface area contributed by atoms with E-state index in [-0.39, 0.29) is 23.4 Å². The van der Waals surface area contributed by atoms with Gasteiger partial charge in [-0.2, -0.15) is 0 Å². The molecule has 0 aromatic heterocycles. The Morgan fingerprint density at radius 2 is 2.40 bits per heavy atom. The van der Waals surface area contributed by atoms with Crippen LogP contribution in [0.5, 0.6) is 0 Å². The Hall–Kier alpha value is -0.680. The number of rotatable bonds is 3. The van der Waals surface area contributed by atoms with Gasteiger partial charge in [0.15, 0.2) is 0 Å². The maximum atomic E-state index is 11.9. The molecule has 0 spiro atoms. The summed E-state index contributed by atoms with van der Waals surface area (Å²) >= 11 is 4.80. The summed E-state index contributed by atoms with van der Waals surface area (Å²) in [5, 5.41) is 9.05. The number of carbonyl (C=O) groups is 1. The highest BCUT2D eigenvalue weighted by atomic mass is 32.1. The third-order valence-electron chi connectivity index (χ3n) is 2.89. The molecule has 1 aliphatic heterocycles. The molecule has 86 valence electrons. The van der Waals surface area contributed by atoms with Crippen molar-refractivity contribution in [2.24, 2.45) is 17.6 Å². The van der Waals surface area contributed by atoms with E-state index in [1.165, 1.54) is 0 Å². The van der Waals surface area contributed by atoms with Gasteiger partial charge in [0.05, 0.1) is 10.9 Å². The number of aliphatic hydroxyl groups excluding tert-OH is 1. The Labute approximate surface area is 95.4 Å². The molecule has 3 N–H and O–H groups in total. The predicted molar refractivity (Wildman–Crippen MR) is 62.3 cm³/mol. The second-order valence-electron chi connectivity index (χ2n) is 4.10. The Balaban J connectivity index is 2.55. The molecule has 2 unspecified atom stereocenters. The fourth-order valence-electron chi connectivity index (χ4n) is 1.81. The van der Waals surface area contributed by atoms with E-state index >= 15 is 0 Å². The summed E-state index contributed by atoms with van der Waals surface area (Å²) in [5.74, 6) is -0.195. The Bertz CT molecular complexity index is 258. The predicted octanol–water partition coefficient (Wildman–Crippen LogP) is 0.140. The van der Waals surface area contributed by atoms with Crippen molar-refractivity contribution in [1.29, 1.82) is 0 Å². The molecule has 0 radical (unpaired) electrons. The number of carbonyl (C=O) groups excluding carboxylic acids is 1. The molecule has 5 heteroatoms. The lowest BCUT2D eigenvalue weighted by Gasteiger charge is -2.33. The lowest BCUT2D eigenvalue weighted by molar-refractivity contribution is -0.135. The maximum absolute atomic E-state index is 11.9. The molecular formula is C10H18N2O2S. The first-order valence-electron chi connectivity index (χ1n) is 5.25. The van der Waals surface area contributed by atoms with E-state index in [2.05, 4.69) is 0 Å². The summed E-state index contributed by atoms with van der Waals surface area (Å²) in [6, 6.07) is 0. The first kappa shape index (κ1) is 12.4. The topological polar surface area (TPSA) is 66.6 Å². The lowest BCUT2D eigenvalue weighted by Crippen LogP contribution is -2.45. The smallest absolute Gasteiger partial charge is 0.232 e. The average Bonchev–Trinajstić information content (AvgIpc) is 2.27. The van der Waals surface area contributed by atoms with E-state index in [1.807, 2.05) is 0 Å². The van der Waals surface area contributed by atoms with Crippen LogP contribution in [0.15, 0.2) is 0 Å². The van der Waals surface area contributed by atoms with E-state index in [1.54, 1.807) is 11.8 Å². The van der Waals surface area contributed by atoms with Crippen molar-refractivity contribution in [2.75, 3.05) is 19.7 Å². The summed E-state index contributed by atoms with van der Waals surface area (Å²) in [6.45, 7) is 3.25. The lowest BCUT2D eigenvalue weighted by atomic mass is 9.97. The summed E-state index contributed by atoms with van der Waals surface area (Å²) in [6.07, 6.45) is 1.93. The number of hydrogen-bond donors (Lipinski definition) is 2. The van der Waals surface area contributed by atoms with Gasteiger partial charge in [-0.25, -0.2) is 0 Å². The number of nitrogens with zero attached hydrogens (tertiary/aromatic N) is 1. The molecule has 0 aromatic carbocycles. The van der Waals surface area contributed by atoms with Gasteiger partial charge in [0.25, 0.3) is 0 Å². The van der Waals surface area contributed by atoms with Crippen molar-refractivity contribution < 1.29 is 9.90 Å². The summed E-state index contributed by atoms with van der Waals surface area (Å²) in [7, 11) is 0. The molecule has 0 saturated carbocycles. The van der Waals surface area contributed by atoms with Gasteiger partial charge in [0, 0.05) is 19.7 Å². The Morgan fingerprint density at radius 3 is 2.93 bits per heavy atom. The zero-order chi connectivity index (χ0) is 11.4. The van der Waals surface area contributed by atoms with Gasteiger partial charge in [-0.05, 0) is 25.7 Å². The largest absolute Gasteiger partial charge is 0.396 e. The highest BCUT2D eigenvalue weighted by Crippen LogP contribution is 2.17. The second kappa shape index (κ2) is 5.42. The molecule has 1 heterocycles. The molecule has 15 heavy (non-hydrogen) atoms. The molecule has 1 aliphatic rings. The first-order chi connectivity index (χ1) is 7.06. The number of aliphatic hydroxyl groups is 1. The van der Waals surface area contributed by atoms with Gasteiger partial charge in [0.2, 0.25) is 5.91 Å². The third kappa shape index (κ3) is 3.14. The van der Waals surface area contributed by atoms with Crippen molar-refractivity contribution in [3.63, 3.8) is 0 Å². The van der Waals surface area contributed by atoms with Gasteiger partial charge in [-0.15, -0.1) is 0 Å². The molecule has 4 nitrogen and oxygen atoms in total. The minimum absolute atomic E-state index is 0.0133. The van der Waals surface area contributed by atoms with Gasteiger partial charge < -0.3 is 15.7 Å². The maximum Gasteiger partial charge on any atom is 0.232 e. The summed E-state index contributed by atoms with van der Waals surface area (Å²) in [5.41, 5.74) is 5.45. The van der Waals surface area contributed by atoms with Crippen LogP contribution in [0, 0.1) is 11.8 Å². The van der Waals surface area contributed by atoms with Crippen molar-refractivity contribution in [3.05, 3.63) is 0 Å². The minimum atomic E-state index is -0.391. The Morgan fingerprint density at radius 1 is 1.73 bits per heavy atom. The highest BCUT2D eigenvalue weighted by Gasteiger charge is 2.27. The van der Waals surface area contributed by atoms with Gasteiger partial charge in [-0.3, -0.25) is 4.79 Å². The molecule has 1 saturated heterocycles. The van der Waals surface area contributed by atoms with Gasteiger partial charge in [-0.1, -0.05) is 12.2 Å². The number of piperidine rings is 1. The molecule has 0 bridgehead atoms. The fraction of sp³-hybridized carbons (Fsp3) is 0.800. The normalized spacial score (nSPS) is 23.6. The zero-order valence-electron chi connectivity index (χ0n) is 8.98. The van der Waals surface area contributed by atoms with Crippen LogP contribution in [-0.2, 0) is 4.79 Å². The van der Waals surface area contributed by atoms with Crippen molar-refractivity contribution in [3.8, 4) is 0 Å². The average molecular weight is 230 g/mol. The highest BCUT2D eigenvalue weighted by molar-refractivity contribution is 7.80. The third-order valence-corrected chi connectivity index (χ3v) is 3.24. The fourth-order valence-corrected chi connectivity index (χ4v) is 1.91. The monoisotopic (exact) mass is 230 g/mol. The van der Waals surface area contributed by atoms with Gasteiger partial charge in [0.1, 0.15) is 0 Å². The first-order valence-corrected chi connectivity index (χ1v) is 5.66. The summed E-state index contributed by atoms with van der Waals surface area (Å²) < 4.78 is 0. The van der Waals surface area contributed by atoms with Crippen LogP contribution in [0.1, 0.15) is 19.8 Å². The quantitative estimate of drug-likeness (QED) is 0.677. The SMILES string of the molecule is CC(C(=O)N1CCCC(CO)C1)C(N)=S. The van der Waals surface area contributed by atoms with Crippen molar-refractivity contribution in [1.82, 2.24) is 4.90 Å². The van der Waals surface area contributed by atoms with E-state index in [9.17, 15) is 4.79 Å². The number of amides is 1. The molecule has 1 fully saturated rings. The molecule has 1 rings (SSSR count). The van der Waals surface area contributed by atoms with E-state index in [4.69, 9.17) is 23.1 Å². The van der Waals surface area contributed by atoms with Crippen LogP contribution in [0.4, 0.5) is 0 Å². The second-order valence-corrected chi connectivity index (χ2v) is 4.57. The number of hydrogen-bond acceptors (Lipinski definition) is 3. The molecule has 0 aliphatic carbocycles. The number of nitrogens with two attached hydrogens (primary N) is 1. The molecule has 0 aromatic rings. The van der Waals surface area contributed by atoms with Crippen LogP contribution in [0.3, 0.4) is 0 Å². The van der Waals surface area contributed by atoms with Crippen LogP contribution in [-0.4, -0.2) is 40.6 Å². The van der Waals surface area contributed by atoms with Gasteiger partial charge >= 0.3 is 0 Å². The van der Waals surface area contributed by atoms with Crippen LogP contribution >= 0.6 is 12.2 Å². The van der Waals surface area contributed by atoms with E-state index in [0.29, 0.717) is 6.54 Å². The van der Waals surface area contributed by atoms with Crippen molar-refractivity contribution >= 4 is 23.1 Å². The van der Waals surface area contributed by atoms with Crippen molar-refractivity contribution in [2.45, 2.75) is 19.8 Å². The molecular weight excluding hydrogens is 212 g/mol. The van der Waals surface area contributed by atoms with E-state index in [0.717, 1.165) is 19.4 Å². The molecule has 2 atom stereocenters. The van der Waals surface area contributed by atoms with E-state index < -0.39 is 5.92 Å². The standard InChI is InChI=1S/C10H18N2O2S/c1-7(9(11)15)10(14)12-4-2-3-8(5-12)6-13/h7-8,13H,2-6H2,1H3,(H2,11,15).